The van der Waals surface area contributed by atoms with Gasteiger partial charge in [-0.05, 0) is 19.9 Å². The SMILES string of the molecule is Cc1cc(Nc2cc(C)nn2-c2ncc(Cl)cc2Cl)ncn1. The van der Waals surface area contributed by atoms with Gasteiger partial charge in [-0.3, -0.25) is 0 Å². The van der Waals surface area contributed by atoms with Gasteiger partial charge in [0.05, 0.1) is 15.7 Å². The van der Waals surface area contributed by atoms with Gasteiger partial charge < -0.3 is 5.32 Å². The molecule has 3 heterocycles. The number of aromatic nitrogens is 5. The van der Waals surface area contributed by atoms with Crippen LogP contribution in [0, 0.1) is 13.8 Å². The molecule has 0 saturated heterocycles. The lowest BCUT2D eigenvalue weighted by Crippen LogP contribution is -2.06. The first-order valence-electron chi connectivity index (χ1n) is 6.46. The molecule has 3 rings (SSSR count). The Kier molecular flexibility index (Phi) is 3.96. The molecular formula is C14H12Cl2N6. The van der Waals surface area contributed by atoms with Crippen molar-refractivity contribution in [2.24, 2.45) is 0 Å². The summed E-state index contributed by atoms with van der Waals surface area (Å²) >= 11 is 12.1. The minimum Gasteiger partial charge on any atom is -0.325 e. The molecule has 8 heteroatoms. The molecule has 0 aliphatic carbocycles. The van der Waals surface area contributed by atoms with Crippen LogP contribution in [-0.4, -0.2) is 24.7 Å². The van der Waals surface area contributed by atoms with E-state index in [1.165, 1.54) is 12.5 Å². The number of hydrogen-bond donors (Lipinski definition) is 1. The van der Waals surface area contributed by atoms with Gasteiger partial charge in [0.1, 0.15) is 18.0 Å². The van der Waals surface area contributed by atoms with Crippen LogP contribution < -0.4 is 5.32 Å². The van der Waals surface area contributed by atoms with Crippen LogP contribution in [0.4, 0.5) is 11.6 Å². The van der Waals surface area contributed by atoms with Crippen LogP contribution in [0.2, 0.25) is 10.0 Å². The van der Waals surface area contributed by atoms with Crippen LogP contribution >= 0.6 is 23.2 Å². The summed E-state index contributed by atoms with van der Waals surface area (Å²) in [5.74, 6) is 1.86. The van der Waals surface area contributed by atoms with Gasteiger partial charge in [0.25, 0.3) is 0 Å². The highest BCUT2D eigenvalue weighted by molar-refractivity contribution is 6.35. The average molecular weight is 335 g/mol. The molecule has 0 amide bonds. The number of rotatable bonds is 3. The summed E-state index contributed by atoms with van der Waals surface area (Å²) in [4.78, 5) is 12.5. The van der Waals surface area contributed by atoms with E-state index in [-0.39, 0.29) is 0 Å². The van der Waals surface area contributed by atoms with Gasteiger partial charge in [-0.25, -0.2) is 15.0 Å². The topological polar surface area (TPSA) is 68.5 Å². The second-order valence-corrected chi connectivity index (χ2v) is 5.55. The van der Waals surface area contributed by atoms with Gasteiger partial charge in [-0.15, -0.1) is 0 Å². The number of pyridine rings is 1. The van der Waals surface area contributed by atoms with Crippen molar-refractivity contribution in [3.8, 4) is 5.82 Å². The first-order valence-corrected chi connectivity index (χ1v) is 7.22. The molecule has 3 aromatic rings. The molecule has 0 fully saturated rings. The average Bonchev–Trinajstić information content (AvgIpc) is 2.79. The van der Waals surface area contributed by atoms with Gasteiger partial charge in [0.15, 0.2) is 5.82 Å². The number of aryl methyl sites for hydroxylation is 2. The summed E-state index contributed by atoms with van der Waals surface area (Å²) in [5, 5.41) is 8.49. The maximum absolute atomic E-state index is 6.21. The predicted molar refractivity (Wildman–Crippen MR) is 86.2 cm³/mol. The van der Waals surface area contributed by atoms with E-state index in [0.29, 0.717) is 27.5 Å². The van der Waals surface area contributed by atoms with Crippen molar-refractivity contribution >= 4 is 34.8 Å². The Morgan fingerprint density at radius 3 is 2.55 bits per heavy atom. The van der Waals surface area contributed by atoms with Gasteiger partial charge >= 0.3 is 0 Å². The third kappa shape index (κ3) is 3.03. The van der Waals surface area contributed by atoms with Gasteiger partial charge in [0, 0.05) is 24.0 Å². The van der Waals surface area contributed by atoms with Crippen molar-refractivity contribution in [1.29, 1.82) is 0 Å². The third-order valence-electron chi connectivity index (χ3n) is 2.88. The van der Waals surface area contributed by atoms with Gasteiger partial charge in [-0.2, -0.15) is 9.78 Å². The van der Waals surface area contributed by atoms with Gasteiger partial charge in [0.2, 0.25) is 0 Å². The Bertz CT molecular complexity index is 830. The molecule has 0 radical (unpaired) electrons. The van der Waals surface area contributed by atoms with E-state index in [1.54, 1.807) is 10.7 Å². The van der Waals surface area contributed by atoms with E-state index in [0.717, 1.165) is 11.4 Å². The molecule has 0 saturated carbocycles. The lowest BCUT2D eigenvalue weighted by atomic mass is 10.4. The first kappa shape index (κ1) is 14.7. The summed E-state index contributed by atoms with van der Waals surface area (Å²) in [5.41, 5.74) is 1.68. The van der Waals surface area contributed by atoms with E-state index < -0.39 is 0 Å². The Morgan fingerprint density at radius 1 is 1.00 bits per heavy atom. The van der Waals surface area contributed by atoms with Gasteiger partial charge in [-0.1, -0.05) is 23.2 Å². The zero-order valence-corrected chi connectivity index (χ0v) is 13.4. The fourth-order valence-electron chi connectivity index (χ4n) is 1.97. The van der Waals surface area contributed by atoms with Crippen LogP contribution in [0.1, 0.15) is 11.4 Å². The second kappa shape index (κ2) is 5.90. The third-order valence-corrected chi connectivity index (χ3v) is 3.37. The number of nitrogens with one attached hydrogen (secondary N) is 1. The molecule has 0 spiro atoms. The van der Waals surface area contributed by atoms with E-state index in [2.05, 4.69) is 25.4 Å². The summed E-state index contributed by atoms with van der Waals surface area (Å²) in [7, 11) is 0. The van der Waals surface area contributed by atoms with Crippen LogP contribution in [0.25, 0.3) is 5.82 Å². The Morgan fingerprint density at radius 2 is 1.82 bits per heavy atom. The molecule has 22 heavy (non-hydrogen) atoms. The van der Waals surface area contributed by atoms with Crippen molar-refractivity contribution in [2.75, 3.05) is 5.32 Å². The molecule has 6 nitrogen and oxygen atoms in total. The van der Waals surface area contributed by atoms with Crippen molar-refractivity contribution in [3.63, 3.8) is 0 Å². The molecule has 112 valence electrons. The highest BCUT2D eigenvalue weighted by Crippen LogP contribution is 2.26. The maximum atomic E-state index is 6.21. The Balaban J connectivity index is 2.03. The van der Waals surface area contributed by atoms with Crippen molar-refractivity contribution in [2.45, 2.75) is 13.8 Å². The first-order chi connectivity index (χ1) is 10.5. The molecule has 0 bridgehead atoms. The highest BCUT2D eigenvalue weighted by atomic mass is 35.5. The van der Waals surface area contributed by atoms with Crippen LogP contribution in [0.5, 0.6) is 0 Å². The monoisotopic (exact) mass is 334 g/mol. The molecular weight excluding hydrogens is 323 g/mol. The fraction of sp³-hybridized carbons (Fsp3) is 0.143. The van der Waals surface area contributed by atoms with Crippen LogP contribution in [0.15, 0.2) is 30.7 Å². The molecule has 0 aliphatic rings. The van der Waals surface area contributed by atoms with Crippen molar-refractivity contribution in [1.82, 2.24) is 24.7 Å². The summed E-state index contributed by atoms with van der Waals surface area (Å²) in [6, 6.07) is 5.34. The van der Waals surface area contributed by atoms with E-state index in [1.807, 2.05) is 26.0 Å². The van der Waals surface area contributed by atoms with E-state index in [9.17, 15) is 0 Å². The molecule has 0 unspecified atom stereocenters. The second-order valence-electron chi connectivity index (χ2n) is 4.71. The maximum Gasteiger partial charge on any atom is 0.174 e. The largest absolute Gasteiger partial charge is 0.325 e. The van der Waals surface area contributed by atoms with E-state index >= 15 is 0 Å². The number of nitrogens with zero attached hydrogens (tertiary/aromatic N) is 5. The zero-order valence-electron chi connectivity index (χ0n) is 11.9. The molecule has 0 aromatic carbocycles. The Labute approximate surface area is 137 Å². The summed E-state index contributed by atoms with van der Waals surface area (Å²) in [6.45, 7) is 3.78. The molecule has 0 aliphatic heterocycles. The predicted octanol–water partition coefficient (Wildman–Crippen LogP) is 3.72. The van der Waals surface area contributed by atoms with Crippen molar-refractivity contribution in [3.05, 3.63) is 52.2 Å². The normalized spacial score (nSPS) is 10.7. The standard InChI is InChI=1S/C14H12Cl2N6/c1-8-3-12(19-7-18-8)20-13-4-9(2)21-22(13)14-11(16)5-10(15)6-17-14/h3-7H,1-2H3,(H,18,19,20). The molecule has 3 aromatic heterocycles. The van der Waals surface area contributed by atoms with Crippen molar-refractivity contribution < 1.29 is 0 Å². The number of anilines is 2. The molecule has 0 atom stereocenters. The zero-order chi connectivity index (χ0) is 15.7. The summed E-state index contributed by atoms with van der Waals surface area (Å²) < 4.78 is 1.62. The smallest absolute Gasteiger partial charge is 0.174 e. The van der Waals surface area contributed by atoms with E-state index in [4.69, 9.17) is 23.2 Å². The lowest BCUT2D eigenvalue weighted by molar-refractivity contribution is 0.838. The minimum absolute atomic E-state index is 0.414. The van der Waals surface area contributed by atoms with Crippen LogP contribution in [0.3, 0.4) is 0 Å². The number of halogens is 2. The highest BCUT2D eigenvalue weighted by Gasteiger charge is 2.13. The summed E-state index contributed by atoms with van der Waals surface area (Å²) in [6.07, 6.45) is 3.02. The Hall–Kier alpha value is -2.18. The van der Waals surface area contributed by atoms with Crippen LogP contribution in [-0.2, 0) is 0 Å². The quantitative estimate of drug-likeness (QED) is 0.790. The number of hydrogen-bond acceptors (Lipinski definition) is 5. The fourth-order valence-corrected chi connectivity index (χ4v) is 2.43. The lowest BCUT2D eigenvalue weighted by Gasteiger charge is -2.10. The minimum atomic E-state index is 0.414. The molecule has 1 N–H and O–H groups in total.